The number of carbonyl (C=O) groups excluding carboxylic acids is 1. The molecule has 0 radical (unpaired) electrons. The van der Waals surface area contributed by atoms with E-state index in [0.717, 1.165) is 96.0 Å². The number of nitrogens with zero attached hydrogens (tertiary/aromatic N) is 2. The molecule has 0 amide bonds. The summed E-state index contributed by atoms with van der Waals surface area (Å²) in [6, 6.07) is 11.4. The van der Waals surface area contributed by atoms with Crippen LogP contribution in [-0.2, 0) is 17.6 Å². The van der Waals surface area contributed by atoms with Crippen molar-refractivity contribution < 1.29 is 24.5 Å². The van der Waals surface area contributed by atoms with Crippen LogP contribution in [0.5, 0.6) is 11.5 Å². The van der Waals surface area contributed by atoms with Gasteiger partial charge in [-0.3, -0.25) is 4.79 Å². The van der Waals surface area contributed by atoms with Gasteiger partial charge in [-0.1, -0.05) is 23.2 Å². The molecule has 0 saturated carbocycles. The summed E-state index contributed by atoms with van der Waals surface area (Å²) in [4.78, 5) is 23.6. The number of fused-ring (bicyclic) bond motifs is 6. The standard InChI is InChI=1S/C28H24Cl2N2O3.C2H4O2/c1-3-31-13-11-15-21(31)9-5-17-23(24-19(29)7-8-20(30)25(24)28(33)34)18-6-10-22-16(12-14-32(22)4-2)27(18)35-26(15)17;1-2(3)4/h5-10H,3-4,11-14H2,1-2H3;1H3,(H,3,4). The van der Waals surface area contributed by atoms with E-state index in [0.29, 0.717) is 10.6 Å². The zero-order chi connectivity index (χ0) is 28.0. The number of halogens is 2. The van der Waals surface area contributed by atoms with Crippen LogP contribution in [0.15, 0.2) is 36.4 Å². The summed E-state index contributed by atoms with van der Waals surface area (Å²) >= 11 is 13.1. The Hall–Kier alpha value is -3.55. The van der Waals surface area contributed by atoms with Crippen molar-refractivity contribution in [1.82, 2.24) is 4.58 Å². The number of aromatic carboxylic acids is 1. The maximum atomic E-state index is 12.3. The Morgan fingerprint density at radius 2 is 1.74 bits per heavy atom. The number of carboxylic acids is 2. The molecule has 7 nitrogen and oxygen atoms in total. The third-order valence-corrected chi connectivity index (χ3v) is 8.11. The molecule has 3 aromatic rings. The van der Waals surface area contributed by atoms with Crippen molar-refractivity contribution in [3.63, 3.8) is 0 Å². The largest absolute Gasteiger partial charge is 0.545 e. The zero-order valence-corrected chi connectivity index (χ0v) is 23.4. The van der Waals surface area contributed by atoms with Gasteiger partial charge in [-0.25, -0.2) is 4.58 Å². The first-order valence-electron chi connectivity index (χ1n) is 12.9. The number of carbonyl (C=O) groups is 2. The Morgan fingerprint density at radius 3 is 2.41 bits per heavy atom. The second kappa shape index (κ2) is 10.5. The highest BCUT2D eigenvalue weighted by molar-refractivity contribution is 6.37. The average molecular weight is 567 g/mol. The minimum Gasteiger partial charge on any atom is -0.545 e. The Balaban J connectivity index is 0.000000723. The van der Waals surface area contributed by atoms with E-state index in [2.05, 4.69) is 35.5 Å². The minimum absolute atomic E-state index is 0.0978. The molecule has 6 rings (SSSR count). The van der Waals surface area contributed by atoms with Crippen molar-refractivity contribution in [2.75, 3.05) is 31.1 Å². The first-order chi connectivity index (χ1) is 18.7. The van der Waals surface area contributed by atoms with Crippen molar-refractivity contribution in [1.29, 1.82) is 0 Å². The van der Waals surface area contributed by atoms with Crippen molar-refractivity contribution >= 4 is 46.4 Å². The highest BCUT2D eigenvalue weighted by Crippen LogP contribution is 2.47. The molecule has 0 aliphatic carbocycles. The lowest BCUT2D eigenvalue weighted by atomic mass is 9.87. The number of ether oxygens (including phenoxy) is 1. The van der Waals surface area contributed by atoms with Crippen LogP contribution >= 0.6 is 23.2 Å². The van der Waals surface area contributed by atoms with Gasteiger partial charge in [0.15, 0.2) is 0 Å². The van der Waals surface area contributed by atoms with Crippen LogP contribution in [0, 0.1) is 0 Å². The summed E-state index contributed by atoms with van der Waals surface area (Å²) in [5, 5.41) is 22.1. The SMILES string of the molecule is CC(=O)O.CCN1CCc2c1ccc1c2Oc2c3c(ccc2=C1c1c(Cl)ccc(Cl)c1C(=O)[O-])=[N+](CC)CC3. The van der Waals surface area contributed by atoms with Gasteiger partial charge in [-0.05, 0) is 50.6 Å². The number of hydrogen-bond donors (Lipinski definition) is 1. The molecule has 0 spiro atoms. The third-order valence-electron chi connectivity index (χ3n) is 7.48. The highest BCUT2D eigenvalue weighted by Gasteiger charge is 2.34. The van der Waals surface area contributed by atoms with Gasteiger partial charge in [-0.2, -0.15) is 0 Å². The molecule has 9 heteroatoms. The summed E-state index contributed by atoms with van der Waals surface area (Å²) in [5.41, 5.74) is 5.27. The van der Waals surface area contributed by atoms with Gasteiger partial charge in [0.25, 0.3) is 5.97 Å². The molecular formula is C30H28Cl2N2O5. The molecule has 0 saturated heterocycles. The molecule has 39 heavy (non-hydrogen) atoms. The lowest BCUT2D eigenvalue weighted by Crippen LogP contribution is -2.30. The summed E-state index contributed by atoms with van der Waals surface area (Å²) in [6.07, 6.45) is 1.73. The lowest BCUT2D eigenvalue weighted by Gasteiger charge is -2.27. The molecule has 0 aromatic heterocycles. The number of anilines is 1. The first-order valence-corrected chi connectivity index (χ1v) is 13.7. The fourth-order valence-electron chi connectivity index (χ4n) is 5.84. The van der Waals surface area contributed by atoms with Gasteiger partial charge in [0.05, 0.1) is 16.6 Å². The maximum Gasteiger partial charge on any atom is 0.300 e. The third kappa shape index (κ3) is 4.53. The van der Waals surface area contributed by atoms with Crippen molar-refractivity contribution in [2.45, 2.75) is 33.6 Å². The van der Waals surface area contributed by atoms with Crippen molar-refractivity contribution in [3.8, 4) is 11.5 Å². The Kier molecular flexibility index (Phi) is 7.31. The Bertz CT molecular complexity index is 1660. The summed E-state index contributed by atoms with van der Waals surface area (Å²) in [6.45, 7) is 9.04. The fourth-order valence-corrected chi connectivity index (χ4v) is 6.33. The number of hydrogen-bond acceptors (Lipinski definition) is 5. The predicted octanol–water partition coefficient (Wildman–Crippen LogP) is 3.25. The van der Waals surface area contributed by atoms with Crippen LogP contribution < -0.4 is 29.9 Å². The number of likely N-dealkylation sites (N-methyl/N-ethyl adjacent to an activating group) is 2. The molecule has 0 fully saturated rings. The summed E-state index contributed by atoms with van der Waals surface area (Å²) < 4.78 is 9.09. The minimum atomic E-state index is -1.36. The van der Waals surface area contributed by atoms with E-state index in [-0.39, 0.29) is 10.6 Å². The maximum absolute atomic E-state index is 12.3. The molecule has 3 aliphatic rings. The second-order valence-corrected chi connectivity index (χ2v) is 10.4. The number of benzene rings is 3. The zero-order valence-electron chi connectivity index (χ0n) is 21.9. The first kappa shape index (κ1) is 27.0. The van der Waals surface area contributed by atoms with Crippen LogP contribution in [-0.4, -0.2) is 43.2 Å². The van der Waals surface area contributed by atoms with E-state index < -0.39 is 11.9 Å². The van der Waals surface area contributed by atoms with Crippen LogP contribution in [0.3, 0.4) is 0 Å². The summed E-state index contributed by atoms with van der Waals surface area (Å²) in [7, 11) is 0. The van der Waals surface area contributed by atoms with Crippen molar-refractivity contribution in [2.24, 2.45) is 0 Å². The lowest BCUT2D eigenvalue weighted by molar-refractivity contribution is -0.255. The van der Waals surface area contributed by atoms with Crippen LogP contribution in [0.1, 0.15) is 53.4 Å². The van der Waals surface area contributed by atoms with E-state index in [1.807, 2.05) is 12.1 Å². The predicted molar refractivity (Wildman–Crippen MR) is 150 cm³/mol. The molecular weight excluding hydrogens is 539 g/mol. The molecule has 3 heterocycles. The molecule has 0 unspecified atom stereocenters. The average Bonchev–Trinajstić information content (AvgIpc) is 3.52. The number of carboxylic acid groups (broad SMARTS) is 2. The monoisotopic (exact) mass is 566 g/mol. The van der Waals surface area contributed by atoms with Crippen molar-refractivity contribution in [3.05, 3.63) is 84.8 Å². The van der Waals surface area contributed by atoms with E-state index >= 15 is 0 Å². The Labute approximate surface area is 236 Å². The van der Waals surface area contributed by atoms with Crippen LogP contribution in [0.25, 0.3) is 5.57 Å². The number of rotatable bonds is 4. The van der Waals surface area contributed by atoms with Gasteiger partial charge in [0.2, 0.25) is 5.36 Å². The van der Waals surface area contributed by atoms with E-state index in [4.69, 9.17) is 37.8 Å². The highest BCUT2D eigenvalue weighted by atomic mass is 35.5. The van der Waals surface area contributed by atoms with Crippen LogP contribution in [0.4, 0.5) is 5.69 Å². The van der Waals surface area contributed by atoms with Gasteiger partial charge in [0, 0.05) is 76.3 Å². The quantitative estimate of drug-likeness (QED) is 0.381. The van der Waals surface area contributed by atoms with E-state index in [9.17, 15) is 9.90 Å². The molecule has 1 N–H and O–H groups in total. The summed E-state index contributed by atoms with van der Waals surface area (Å²) in [5.74, 6) is -0.625. The van der Waals surface area contributed by atoms with Gasteiger partial charge in [-0.15, -0.1) is 0 Å². The second-order valence-electron chi connectivity index (χ2n) is 9.60. The smallest absolute Gasteiger partial charge is 0.300 e. The fraction of sp³-hybridized carbons (Fsp3) is 0.300. The normalized spacial score (nSPS) is 14.5. The molecule has 0 bridgehead atoms. The molecule has 202 valence electrons. The van der Waals surface area contributed by atoms with Gasteiger partial charge < -0.3 is 24.6 Å². The molecule has 3 aliphatic heterocycles. The van der Waals surface area contributed by atoms with Gasteiger partial charge in [0.1, 0.15) is 24.6 Å². The molecule has 3 aromatic carbocycles. The Morgan fingerprint density at radius 1 is 1.03 bits per heavy atom. The van der Waals surface area contributed by atoms with Crippen LogP contribution in [0.2, 0.25) is 10.0 Å². The molecule has 0 atom stereocenters. The topological polar surface area (TPSA) is 92.9 Å². The van der Waals surface area contributed by atoms with E-state index in [1.54, 1.807) is 6.07 Å². The van der Waals surface area contributed by atoms with E-state index in [1.165, 1.54) is 6.07 Å². The van der Waals surface area contributed by atoms with Gasteiger partial charge >= 0.3 is 0 Å². The number of aliphatic carboxylic acids is 1.